The summed E-state index contributed by atoms with van der Waals surface area (Å²) in [4.78, 5) is 26.1. The topological polar surface area (TPSA) is 54.7 Å². The zero-order valence-corrected chi connectivity index (χ0v) is 18.2. The molecule has 7 rings (SSSR count). The molecule has 2 bridgehead atoms. The van der Waals surface area contributed by atoms with Gasteiger partial charge in [0.05, 0.1) is 18.1 Å². The summed E-state index contributed by atoms with van der Waals surface area (Å²) in [6.45, 7) is 0.620. The normalized spacial score (nSPS) is 26.6. The number of carbonyl (C=O) groups is 2. The number of nitrogens with zero attached hydrogens (tertiary/aromatic N) is 3. The van der Waals surface area contributed by atoms with E-state index in [9.17, 15) is 9.59 Å². The molecule has 2 aromatic carbocycles. The molecule has 160 valence electrons. The molecule has 1 aliphatic heterocycles. The monoisotopic (exact) mass is 443 g/mol. The molecule has 2 fully saturated rings. The second kappa shape index (κ2) is 7.45. The van der Waals surface area contributed by atoms with Crippen molar-refractivity contribution in [2.45, 2.75) is 19.4 Å². The highest BCUT2D eigenvalue weighted by molar-refractivity contribution is 6.31. The largest absolute Gasteiger partial charge is 0.342 e. The fraction of sp³-hybridized carbons (Fsp3) is 0.269. The number of rotatable bonds is 4. The molecule has 5 nitrogen and oxygen atoms in total. The number of hydrogen-bond acceptors (Lipinski definition) is 3. The molecule has 6 heteroatoms. The van der Waals surface area contributed by atoms with Crippen LogP contribution in [0.5, 0.6) is 0 Å². The predicted octanol–water partition coefficient (Wildman–Crippen LogP) is 4.87. The quantitative estimate of drug-likeness (QED) is 0.328. The van der Waals surface area contributed by atoms with Gasteiger partial charge in [0.15, 0.2) is 0 Å². The van der Waals surface area contributed by atoms with Gasteiger partial charge in [-0.15, -0.1) is 0 Å². The Morgan fingerprint density at radius 1 is 0.938 bits per heavy atom. The lowest BCUT2D eigenvalue weighted by Gasteiger charge is -2.37. The van der Waals surface area contributed by atoms with Crippen LogP contribution < -0.4 is 0 Å². The second-order valence-electron chi connectivity index (χ2n) is 8.90. The molecular formula is C26H22ClN3O2. The average Bonchev–Trinajstić information content (AvgIpc) is 3.31. The van der Waals surface area contributed by atoms with Crippen LogP contribution in [0.1, 0.15) is 24.0 Å². The van der Waals surface area contributed by atoms with Gasteiger partial charge in [0.25, 0.3) is 11.8 Å². The lowest BCUT2D eigenvalue weighted by molar-refractivity contribution is -0.140. The van der Waals surface area contributed by atoms with E-state index >= 15 is 0 Å². The Kier molecular flexibility index (Phi) is 4.54. The van der Waals surface area contributed by atoms with Gasteiger partial charge in [0, 0.05) is 34.2 Å². The van der Waals surface area contributed by atoms with E-state index in [-0.39, 0.29) is 35.5 Å². The average molecular weight is 444 g/mol. The highest BCUT2D eigenvalue weighted by atomic mass is 35.5. The number of hydrazone groups is 1. The van der Waals surface area contributed by atoms with Crippen LogP contribution >= 0.6 is 11.6 Å². The first-order chi connectivity index (χ1) is 15.6. The summed E-state index contributed by atoms with van der Waals surface area (Å²) in [6, 6.07) is 15.8. The molecule has 32 heavy (non-hydrogen) atoms. The number of halogens is 1. The minimum absolute atomic E-state index is 0.157. The third kappa shape index (κ3) is 2.95. The van der Waals surface area contributed by atoms with Gasteiger partial charge < -0.3 is 4.57 Å². The number of allylic oxidation sites excluding steroid dienone is 2. The zero-order chi connectivity index (χ0) is 21.8. The summed E-state index contributed by atoms with van der Waals surface area (Å²) in [5.41, 5.74) is 2.93. The summed E-state index contributed by atoms with van der Waals surface area (Å²) >= 11 is 6.37. The maximum absolute atomic E-state index is 13.0. The van der Waals surface area contributed by atoms with Crippen molar-refractivity contribution in [3.8, 4) is 0 Å². The minimum atomic E-state index is -0.245. The molecule has 0 radical (unpaired) electrons. The molecule has 0 spiro atoms. The fourth-order valence-electron chi connectivity index (χ4n) is 5.61. The van der Waals surface area contributed by atoms with Gasteiger partial charge in [-0.3, -0.25) is 9.59 Å². The summed E-state index contributed by atoms with van der Waals surface area (Å²) in [5.74, 6) is -0.474. The molecule has 1 saturated carbocycles. The minimum Gasteiger partial charge on any atom is -0.342 e. The van der Waals surface area contributed by atoms with Crippen LogP contribution in [0.4, 0.5) is 0 Å². The van der Waals surface area contributed by atoms with Crippen LogP contribution in [-0.2, 0) is 16.1 Å². The standard InChI is InChI=1S/C26H22ClN3O2/c27-21-7-3-1-5-18(21)14-29-15-19(20-6-2-4-8-22(20)29)13-28-30-25(31)23-16-9-10-17(12-11-16)24(23)26(30)32/h1-10,13,15-17,23-24H,11-12,14H2/b28-13-/t16-,17-,23+,24+/m0/s1. The maximum Gasteiger partial charge on any atom is 0.254 e. The van der Waals surface area contributed by atoms with Crippen LogP contribution in [-0.4, -0.2) is 27.6 Å². The van der Waals surface area contributed by atoms with Gasteiger partial charge in [-0.2, -0.15) is 10.1 Å². The van der Waals surface area contributed by atoms with Gasteiger partial charge in [0.2, 0.25) is 0 Å². The summed E-state index contributed by atoms with van der Waals surface area (Å²) in [5, 5.41) is 7.26. The molecule has 0 N–H and O–H groups in total. The van der Waals surface area contributed by atoms with Crippen molar-refractivity contribution in [3.05, 3.63) is 83.0 Å². The van der Waals surface area contributed by atoms with Crippen LogP contribution in [0.25, 0.3) is 10.9 Å². The molecule has 4 aliphatic rings. The van der Waals surface area contributed by atoms with E-state index in [1.807, 2.05) is 54.7 Å². The summed E-state index contributed by atoms with van der Waals surface area (Å²) < 4.78 is 2.12. The van der Waals surface area contributed by atoms with Crippen molar-refractivity contribution in [2.75, 3.05) is 0 Å². The van der Waals surface area contributed by atoms with Crippen LogP contribution in [0.15, 0.2) is 72.0 Å². The molecule has 0 unspecified atom stereocenters. The molecule has 1 aromatic heterocycles. The Bertz CT molecular complexity index is 1280. The van der Waals surface area contributed by atoms with E-state index < -0.39 is 0 Å². The Morgan fingerprint density at radius 2 is 1.59 bits per heavy atom. The SMILES string of the molecule is O=C1[C@H]2[C@H](C(=O)N1/N=C\c1cn(Cc3ccccc3Cl)c3ccccc13)[C@H]1C=C[C@H]2CC1. The van der Waals surface area contributed by atoms with Crippen LogP contribution in [0.3, 0.4) is 0 Å². The van der Waals surface area contributed by atoms with Crippen molar-refractivity contribution in [2.24, 2.45) is 28.8 Å². The summed E-state index contributed by atoms with van der Waals surface area (Å²) in [6.07, 6.45) is 9.85. The molecule has 1 saturated heterocycles. The van der Waals surface area contributed by atoms with Gasteiger partial charge in [-0.05, 0) is 42.4 Å². The number of carbonyl (C=O) groups excluding carboxylic acids is 2. The van der Waals surface area contributed by atoms with Crippen LogP contribution in [0, 0.1) is 23.7 Å². The van der Waals surface area contributed by atoms with E-state index in [1.54, 1.807) is 6.21 Å². The van der Waals surface area contributed by atoms with Gasteiger partial charge in [-0.25, -0.2) is 0 Å². The first kappa shape index (κ1) is 19.5. The van der Waals surface area contributed by atoms with E-state index in [2.05, 4.69) is 21.8 Å². The predicted molar refractivity (Wildman–Crippen MR) is 124 cm³/mol. The molecule has 3 aromatic rings. The molecule has 3 aliphatic carbocycles. The highest BCUT2D eigenvalue weighted by Gasteiger charge is 2.56. The number of fused-ring (bicyclic) bond motifs is 2. The van der Waals surface area contributed by atoms with Crippen LogP contribution in [0.2, 0.25) is 5.02 Å². The van der Waals surface area contributed by atoms with E-state index in [4.69, 9.17) is 11.6 Å². The third-order valence-electron chi connectivity index (χ3n) is 7.17. The van der Waals surface area contributed by atoms with Gasteiger partial charge >= 0.3 is 0 Å². The van der Waals surface area contributed by atoms with Crippen molar-refractivity contribution in [3.63, 3.8) is 0 Å². The highest BCUT2D eigenvalue weighted by Crippen LogP contribution is 2.49. The summed E-state index contributed by atoms with van der Waals surface area (Å²) in [7, 11) is 0. The Labute approximate surface area is 191 Å². The third-order valence-corrected chi connectivity index (χ3v) is 7.54. The van der Waals surface area contributed by atoms with Gasteiger partial charge in [-0.1, -0.05) is 60.2 Å². The van der Waals surface area contributed by atoms with E-state index in [1.165, 1.54) is 0 Å². The smallest absolute Gasteiger partial charge is 0.254 e. The Morgan fingerprint density at radius 3 is 2.28 bits per heavy atom. The molecule has 4 atom stereocenters. The van der Waals surface area contributed by atoms with Crippen molar-refractivity contribution in [1.82, 2.24) is 9.58 Å². The molecule has 2 amide bonds. The second-order valence-corrected chi connectivity index (χ2v) is 9.30. The molecule has 2 heterocycles. The first-order valence-electron chi connectivity index (χ1n) is 11.0. The van der Waals surface area contributed by atoms with E-state index in [0.717, 1.165) is 44.9 Å². The first-order valence-corrected chi connectivity index (χ1v) is 11.4. The van der Waals surface area contributed by atoms with Crippen molar-refractivity contribution in [1.29, 1.82) is 0 Å². The van der Waals surface area contributed by atoms with Crippen molar-refractivity contribution >= 4 is 40.5 Å². The number of para-hydroxylation sites is 1. The molecular weight excluding hydrogens is 422 g/mol. The number of amides is 2. The van der Waals surface area contributed by atoms with Crippen molar-refractivity contribution < 1.29 is 9.59 Å². The number of imide groups is 1. The number of hydrogen-bond donors (Lipinski definition) is 0. The number of aromatic nitrogens is 1. The Hall–Kier alpha value is -3.18. The fourth-order valence-corrected chi connectivity index (χ4v) is 5.81. The maximum atomic E-state index is 13.0. The lowest BCUT2D eigenvalue weighted by Crippen LogP contribution is -2.38. The lowest BCUT2D eigenvalue weighted by atomic mass is 9.63. The Balaban J connectivity index is 1.33. The van der Waals surface area contributed by atoms with Gasteiger partial charge in [0.1, 0.15) is 0 Å². The zero-order valence-electron chi connectivity index (χ0n) is 17.4. The van der Waals surface area contributed by atoms with E-state index in [0.29, 0.717) is 6.54 Å². The number of benzene rings is 2.